The van der Waals surface area contributed by atoms with Gasteiger partial charge >= 0.3 is 0 Å². The van der Waals surface area contributed by atoms with Gasteiger partial charge in [0.15, 0.2) is 0 Å². The molecule has 26 heavy (non-hydrogen) atoms. The monoisotopic (exact) mass is 415 g/mol. The minimum Gasteiger partial charge on any atom is -0.324 e. The molecule has 0 aliphatic carbocycles. The van der Waals surface area contributed by atoms with Crippen molar-refractivity contribution in [3.63, 3.8) is 0 Å². The van der Waals surface area contributed by atoms with Gasteiger partial charge in [0.25, 0.3) is 0 Å². The maximum Gasteiger partial charge on any atom is 0.248 e. The van der Waals surface area contributed by atoms with Gasteiger partial charge in [-0.1, -0.05) is 12.1 Å². The third kappa shape index (κ3) is 4.04. The van der Waals surface area contributed by atoms with Crippen LogP contribution in [0.15, 0.2) is 41.0 Å². The molecule has 0 bridgehead atoms. The van der Waals surface area contributed by atoms with E-state index in [1.165, 1.54) is 0 Å². The van der Waals surface area contributed by atoms with Crippen LogP contribution in [-0.2, 0) is 11.3 Å². The van der Waals surface area contributed by atoms with Crippen molar-refractivity contribution in [3.05, 3.63) is 63.6 Å². The first-order valence-electron chi connectivity index (χ1n) is 8.45. The van der Waals surface area contributed by atoms with Gasteiger partial charge in [0.1, 0.15) is 6.04 Å². The number of benzene rings is 1. The summed E-state index contributed by atoms with van der Waals surface area (Å²) in [7, 11) is 0. The summed E-state index contributed by atoms with van der Waals surface area (Å²) >= 11 is 3.43. The number of nitrogens with zero attached hydrogens (tertiary/aromatic N) is 4. The summed E-state index contributed by atoms with van der Waals surface area (Å²) in [5.74, 6) is -0.108. The van der Waals surface area contributed by atoms with Gasteiger partial charge in [0.2, 0.25) is 5.91 Å². The molecule has 2 heterocycles. The third-order valence-corrected chi connectivity index (χ3v) is 5.04. The summed E-state index contributed by atoms with van der Waals surface area (Å²) in [6.07, 6.45) is 1.82. The van der Waals surface area contributed by atoms with Gasteiger partial charge in [-0.3, -0.25) is 14.2 Å². The summed E-state index contributed by atoms with van der Waals surface area (Å²) in [5, 5.41) is 11.8. The van der Waals surface area contributed by atoms with Crippen LogP contribution in [0.2, 0.25) is 0 Å². The minimum atomic E-state index is -0.403. The minimum absolute atomic E-state index is 0.108. The number of hydrogen-bond donors (Lipinski definition) is 1. The average molecular weight is 416 g/mol. The topological polar surface area (TPSA) is 64.7 Å². The third-order valence-electron chi connectivity index (χ3n) is 4.26. The summed E-state index contributed by atoms with van der Waals surface area (Å²) in [4.78, 5) is 12.6. The molecule has 3 rings (SSSR count). The van der Waals surface area contributed by atoms with Gasteiger partial charge in [-0.05, 0) is 67.4 Å². The highest BCUT2D eigenvalue weighted by Gasteiger charge is 2.17. The summed E-state index contributed by atoms with van der Waals surface area (Å²) in [5.41, 5.74) is 4.83. The molecule has 3 aromatic rings. The lowest BCUT2D eigenvalue weighted by Crippen LogP contribution is -2.24. The molecule has 0 fully saturated rings. The number of amides is 1. The zero-order valence-corrected chi connectivity index (χ0v) is 16.9. The highest BCUT2D eigenvalue weighted by Crippen LogP contribution is 2.19. The van der Waals surface area contributed by atoms with Crippen molar-refractivity contribution < 1.29 is 4.79 Å². The molecule has 0 spiro atoms. The second-order valence-electron chi connectivity index (χ2n) is 6.49. The van der Waals surface area contributed by atoms with Gasteiger partial charge < -0.3 is 5.32 Å². The predicted octanol–water partition coefficient (Wildman–Crippen LogP) is 4.02. The largest absolute Gasteiger partial charge is 0.324 e. The van der Waals surface area contributed by atoms with Crippen molar-refractivity contribution in [1.29, 1.82) is 0 Å². The zero-order valence-electron chi connectivity index (χ0n) is 15.3. The van der Waals surface area contributed by atoms with E-state index in [0.717, 1.165) is 32.8 Å². The SMILES string of the molecule is Cc1cc(C)n(Cc2cccc(NC(=O)C(C)n3cc(Br)c(C)n3)c2)n1. The molecule has 0 saturated carbocycles. The molecule has 136 valence electrons. The number of carbonyl (C=O) groups is 1. The number of aryl methyl sites for hydroxylation is 3. The second kappa shape index (κ2) is 7.45. The van der Waals surface area contributed by atoms with E-state index in [-0.39, 0.29) is 5.91 Å². The van der Waals surface area contributed by atoms with Crippen molar-refractivity contribution in [2.75, 3.05) is 5.32 Å². The zero-order chi connectivity index (χ0) is 18.8. The quantitative estimate of drug-likeness (QED) is 0.684. The van der Waals surface area contributed by atoms with Crippen molar-refractivity contribution in [2.45, 2.75) is 40.3 Å². The normalized spacial score (nSPS) is 12.2. The molecule has 0 aliphatic rings. The molecule has 1 amide bonds. The highest BCUT2D eigenvalue weighted by atomic mass is 79.9. The molecule has 6 nitrogen and oxygen atoms in total. The van der Waals surface area contributed by atoms with Gasteiger partial charge in [-0.15, -0.1) is 0 Å². The molecule has 1 aromatic carbocycles. The smallest absolute Gasteiger partial charge is 0.248 e. The fraction of sp³-hybridized carbons (Fsp3) is 0.316. The Bertz CT molecular complexity index is 924. The molecule has 0 radical (unpaired) electrons. The van der Waals surface area contributed by atoms with Gasteiger partial charge in [0.05, 0.1) is 22.4 Å². The maximum absolute atomic E-state index is 12.6. The summed E-state index contributed by atoms with van der Waals surface area (Å²) < 4.78 is 4.52. The first-order valence-corrected chi connectivity index (χ1v) is 9.25. The Morgan fingerprint density at radius 3 is 2.62 bits per heavy atom. The lowest BCUT2D eigenvalue weighted by molar-refractivity contribution is -0.119. The Labute approximate surface area is 161 Å². The number of nitrogens with one attached hydrogen (secondary N) is 1. The van der Waals surface area contributed by atoms with E-state index < -0.39 is 6.04 Å². The van der Waals surface area contributed by atoms with E-state index in [1.54, 1.807) is 4.68 Å². The molecule has 1 atom stereocenters. The van der Waals surface area contributed by atoms with E-state index in [9.17, 15) is 4.79 Å². The molecule has 0 saturated heterocycles. The van der Waals surface area contributed by atoms with Gasteiger partial charge in [-0.25, -0.2) is 0 Å². The molecular formula is C19H22BrN5O. The van der Waals surface area contributed by atoms with Gasteiger partial charge in [-0.2, -0.15) is 10.2 Å². The van der Waals surface area contributed by atoms with E-state index in [0.29, 0.717) is 6.54 Å². The first kappa shape index (κ1) is 18.4. The van der Waals surface area contributed by atoms with Crippen LogP contribution >= 0.6 is 15.9 Å². The number of hydrogen-bond acceptors (Lipinski definition) is 3. The fourth-order valence-corrected chi connectivity index (χ4v) is 3.07. The Morgan fingerprint density at radius 1 is 1.23 bits per heavy atom. The number of anilines is 1. The molecular weight excluding hydrogens is 394 g/mol. The predicted molar refractivity (Wildman–Crippen MR) is 105 cm³/mol. The Kier molecular flexibility index (Phi) is 5.27. The molecule has 1 unspecified atom stereocenters. The Morgan fingerprint density at radius 2 is 2.00 bits per heavy atom. The van der Waals surface area contributed by atoms with Crippen LogP contribution < -0.4 is 5.32 Å². The number of aromatic nitrogens is 4. The van der Waals surface area contributed by atoms with Crippen LogP contribution in [0.4, 0.5) is 5.69 Å². The van der Waals surface area contributed by atoms with Crippen molar-refractivity contribution in [1.82, 2.24) is 19.6 Å². The van der Waals surface area contributed by atoms with E-state index in [4.69, 9.17) is 0 Å². The van der Waals surface area contributed by atoms with E-state index >= 15 is 0 Å². The van der Waals surface area contributed by atoms with Crippen LogP contribution in [-0.4, -0.2) is 25.5 Å². The molecule has 0 aliphatic heterocycles. The van der Waals surface area contributed by atoms with Crippen molar-refractivity contribution in [3.8, 4) is 0 Å². The standard InChI is InChI=1S/C19H22BrN5O/c1-12-8-13(2)24(22-12)10-16-6-5-7-17(9-16)21-19(26)15(4)25-11-18(20)14(3)23-25/h5-9,11,15H,10H2,1-4H3,(H,21,26). The van der Waals surface area contributed by atoms with Crippen molar-refractivity contribution >= 4 is 27.5 Å². The second-order valence-corrected chi connectivity index (χ2v) is 7.35. The van der Waals surface area contributed by atoms with Crippen LogP contribution in [0.1, 0.15) is 35.6 Å². The van der Waals surface area contributed by atoms with Crippen LogP contribution in [0.5, 0.6) is 0 Å². The van der Waals surface area contributed by atoms with E-state index in [1.807, 2.05) is 62.8 Å². The van der Waals surface area contributed by atoms with Crippen LogP contribution in [0, 0.1) is 20.8 Å². The molecule has 1 N–H and O–H groups in total. The summed E-state index contributed by atoms with van der Waals surface area (Å²) in [6.45, 7) is 8.42. The average Bonchev–Trinajstić information content (AvgIpc) is 3.08. The lowest BCUT2D eigenvalue weighted by atomic mass is 10.2. The maximum atomic E-state index is 12.6. The fourth-order valence-electron chi connectivity index (χ4n) is 2.78. The van der Waals surface area contributed by atoms with Crippen LogP contribution in [0.25, 0.3) is 0 Å². The number of halogens is 1. The lowest BCUT2D eigenvalue weighted by Gasteiger charge is -2.13. The number of carbonyl (C=O) groups excluding carboxylic acids is 1. The van der Waals surface area contributed by atoms with E-state index in [2.05, 4.69) is 37.5 Å². The molecule has 7 heteroatoms. The Hall–Kier alpha value is -2.41. The number of rotatable bonds is 5. The van der Waals surface area contributed by atoms with Gasteiger partial charge in [0, 0.05) is 17.6 Å². The first-order chi connectivity index (χ1) is 12.3. The van der Waals surface area contributed by atoms with Crippen molar-refractivity contribution in [2.24, 2.45) is 0 Å². The van der Waals surface area contributed by atoms with Crippen LogP contribution in [0.3, 0.4) is 0 Å². The highest BCUT2D eigenvalue weighted by molar-refractivity contribution is 9.10. The summed E-state index contributed by atoms with van der Waals surface area (Å²) in [6, 6.07) is 9.49. The Balaban J connectivity index is 1.71. The molecule has 2 aromatic heterocycles.